The number of rotatable bonds is 18. The highest BCUT2D eigenvalue weighted by molar-refractivity contribution is 7.99. The molecule has 0 saturated heterocycles. The number of carbonyl (C=O) groups is 2. The topological polar surface area (TPSA) is 141 Å². The lowest BCUT2D eigenvalue weighted by molar-refractivity contribution is 0.0513. The summed E-state index contributed by atoms with van der Waals surface area (Å²) in [6.45, 7) is 14.4. The Morgan fingerprint density at radius 3 is 1.37 bits per heavy atom. The minimum atomic E-state index is -0.488. The number of hydrogen-bond acceptors (Lipinski definition) is 11. The lowest BCUT2D eigenvalue weighted by atomic mass is 10.1. The predicted molar refractivity (Wildman–Crippen MR) is 290 cm³/mol. The van der Waals surface area contributed by atoms with E-state index in [4.69, 9.17) is 71.1 Å². The molecule has 6 rings (SSSR count). The molecule has 0 bridgehead atoms. The molecule has 6 atom stereocenters. The monoisotopic (exact) mass is 1090 g/mol. The normalized spacial score (nSPS) is 19.8. The van der Waals surface area contributed by atoms with Gasteiger partial charge < -0.3 is 40.4 Å². The van der Waals surface area contributed by atoms with Gasteiger partial charge in [0.05, 0.1) is 13.2 Å². The predicted octanol–water partition coefficient (Wildman–Crippen LogP) is 13.5. The molecule has 3 aliphatic rings. The number of alkyl halides is 1. The first-order valence-corrected chi connectivity index (χ1v) is 28.1. The molecule has 0 spiro atoms. The van der Waals surface area contributed by atoms with E-state index in [1.807, 2.05) is 84.2 Å². The Morgan fingerprint density at radius 2 is 1.01 bits per heavy atom. The molecule has 0 aliphatic heterocycles. The second-order valence-corrected chi connectivity index (χ2v) is 22.9. The number of benzene rings is 3. The van der Waals surface area contributed by atoms with Gasteiger partial charge in [-0.3, -0.25) is 0 Å². The third kappa shape index (κ3) is 24.2. The van der Waals surface area contributed by atoms with Crippen molar-refractivity contribution in [3.05, 3.63) is 86.4 Å². The van der Waals surface area contributed by atoms with Crippen LogP contribution in [-0.2, 0) is 9.47 Å². The van der Waals surface area contributed by atoms with Gasteiger partial charge in [0.25, 0.3) is 0 Å². The third-order valence-electron chi connectivity index (χ3n) is 10.4. The zero-order valence-corrected chi connectivity index (χ0v) is 46.6. The number of nitrogens with two attached hydrogens (primary N) is 1. The van der Waals surface area contributed by atoms with Crippen LogP contribution in [0.3, 0.4) is 0 Å². The van der Waals surface area contributed by atoms with Crippen molar-refractivity contribution in [1.82, 2.24) is 10.6 Å². The summed E-state index contributed by atoms with van der Waals surface area (Å²) in [5.74, 6) is 8.46. The minimum Gasteiger partial charge on any atom is -0.508 e. The Bertz CT molecular complexity index is 1960. The summed E-state index contributed by atoms with van der Waals surface area (Å²) >= 11 is 28.7. The number of nitrogens with one attached hydrogen (secondary N) is 2. The highest BCUT2D eigenvalue weighted by Gasteiger charge is 2.42. The molecule has 3 aromatic carbocycles. The molecule has 3 aliphatic carbocycles. The van der Waals surface area contributed by atoms with Gasteiger partial charge in [-0.15, -0.1) is 24.0 Å². The Morgan fingerprint density at radius 1 is 0.642 bits per heavy atom. The molecule has 5 N–H and O–H groups in total. The molecule has 3 saturated carbocycles. The average Bonchev–Trinajstić information content (AvgIpc) is 4.14. The molecule has 2 amide bonds. The summed E-state index contributed by atoms with van der Waals surface area (Å²) in [6, 6.07) is 16.7. The van der Waals surface area contributed by atoms with Crippen molar-refractivity contribution >= 4 is 106 Å². The van der Waals surface area contributed by atoms with Crippen LogP contribution in [0.25, 0.3) is 0 Å². The van der Waals surface area contributed by atoms with Gasteiger partial charge in [0.1, 0.15) is 28.5 Å². The Balaban J connectivity index is 0.000000329. The largest absolute Gasteiger partial charge is 0.508 e. The van der Waals surface area contributed by atoms with Crippen LogP contribution in [0.2, 0.25) is 15.1 Å². The quantitative estimate of drug-likeness (QED) is 0.0715. The molecular weight excluding hydrogens is 1020 g/mol. The molecule has 18 heteroatoms. The van der Waals surface area contributed by atoms with Crippen molar-refractivity contribution in [2.75, 3.05) is 74.8 Å². The van der Waals surface area contributed by atoms with Crippen LogP contribution < -0.4 is 25.8 Å². The van der Waals surface area contributed by atoms with Crippen LogP contribution >= 0.6 is 94.1 Å². The van der Waals surface area contributed by atoms with Crippen LogP contribution in [0.1, 0.15) is 95.2 Å². The van der Waals surface area contributed by atoms with Gasteiger partial charge >= 0.3 is 12.2 Å². The van der Waals surface area contributed by atoms with Gasteiger partial charge in [0.15, 0.2) is 0 Å². The van der Waals surface area contributed by atoms with E-state index in [2.05, 4.69) is 23.1 Å². The summed E-state index contributed by atoms with van der Waals surface area (Å²) in [6.07, 6.45) is 8.54. The van der Waals surface area contributed by atoms with Gasteiger partial charge in [-0.05, 0) is 193 Å². The fraction of sp³-hybridized carbons (Fsp3) is 0.592. The number of phenols is 1. The molecule has 6 unspecified atom stereocenters. The van der Waals surface area contributed by atoms with E-state index in [0.29, 0.717) is 59.3 Å². The SMILES string of the molecule is CC(C)(C)OC(=O)NCC1CC1c1cc(Cl)ccc1O.CSCCCl.CSCCOc1ccc(Cl)cc1C1CC1CN.CSCCOc1ccc(Cl)cc1C1CC1CNC(=O)OC(C)(C)C.Cl. The Kier molecular flexibility index (Phi) is 28.1. The van der Waals surface area contributed by atoms with Crippen LogP contribution in [-0.4, -0.2) is 103 Å². The van der Waals surface area contributed by atoms with Gasteiger partial charge in [-0.2, -0.15) is 35.3 Å². The van der Waals surface area contributed by atoms with E-state index in [1.165, 1.54) is 5.56 Å². The summed E-state index contributed by atoms with van der Waals surface area (Å²) in [4.78, 5) is 23.3. The number of halogens is 5. The van der Waals surface area contributed by atoms with E-state index in [9.17, 15) is 14.7 Å². The number of amides is 2. The maximum Gasteiger partial charge on any atom is 0.407 e. The highest BCUT2D eigenvalue weighted by atomic mass is 35.5. The number of thioether (sulfide) groups is 3. The Labute approximate surface area is 439 Å². The van der Waals surface area contributed by atoms with Crippen LogP contribution in [0.5, 0.6) is 17.2 Å². The summed E-state index contributed by atoms with van der Waals surface area (Å²) < 4.78 is 22.1. The van der Waals surface area contributed by atoms with E-state index < -0.39 is 17.3 Å². The van der Waals surface area contributed by atoms with Gasteiger partial charge in [0, 0.05) is 51.3 Å². The molecular formula is C49H72Cl5N3O7S3. The van der Waals surface area contributed by atoms with E-state index in [-0.39, 0.29) is 30.2 Å². The molecule has 0 aromatic heterocycles. The fourth-order valence-electron chi connectivity index (χ4n) is 6.90. The van der Waals surface area contributed by atoms with Crippen molar-refractivity contribution in [3.8, 4) is 17.2 Å². The minimum absolute atomic E-state index is 0. The molecule has 0 heterocycles. The number of carbonyl (C=O) groups excluding carboxylic acids is 2. The molecule has 10 nitrogen and oxygen atoms in total. The number of hydrogen-bond donors (Lipinski definition) is 4. The first-order valence-electron chi connectivity index (χ1n) is 22.2. The van der Waals surface area contributed by atoms with Crippen molar-refractivity contribution in [2.45, 2.75) is 89.8 Å². The summed E-state index contributed by atoms with van der Waals surface area (Å²) in [5.41, 5.74) is 7.96. The average molecular weight is 1090 g/mol. The molecule has 3 aromatic rings. The maximum atomic E-state index is 11.7. The second-order valence-electron chi connectivity index (χ2n) is 18.2. The molecule has 3 fully saturated rings. The summed E-state index contributed by atoms with van der Waals surface area (Å²) in [7, 11) is 0. The Hall–Kier alpha value is -1.94. The van der Waals surface area contributed by atoms with Gasteiger partial charge in [-0.1, -0.05) is 34.8 Å². The number of phenolic OH excluding ortho intramolecular Hbond substituents is 1. The van der Waals surface area contributed by atoms with Crippen LogP contribution in [0.4, 0.5) is 9.59 Å². The van der Waals surface area contributed by atoms with Gasteiger partial charge in [0.2, 0.25) is 0 Å². The first kappa shape index (κ1) is 61.2. The number of ether oxygens (including phenoxy) is 4. The third-order valence-corrected chi connectivity index (χ3v) is 13.3. The van der Waals surface area contributed by atoms with Gasteiger partial charge in [-0.25, -0.2) is 9.59 Å². The zero-order valence-electron chi connectivity index (χ0n) is 40.3. The smallest absolute Gasteiger partial charge is 0.407 e. The lowest BCUT2D eigenvalue weighted by Gasteiger charge is -2.19. The van der Waals surface area contributed by atoms with Crippen LogP contribution in [0, 0.1) is 17.8 Å². The maximum absolute atomic E-state index is 11.7. The van der Waals surface area contributed by atoms with E-state index in [1.54, 1.807) is 53.5 Å². The van der Waals surface area contributed by atoms with Crippen molar-refractivity contribution in [3.63, 3.8) is 0 Å². The lowest BCUT2D eigenvalue weighted by Crippen LogP contribution is -2.33. The summed E-state index contributed by atoms with van der Waals surface area (Å²) in [5, 5.41) is 17.5. The van der Waals surface area contributed by atoms with Crippen molar-refractivity contribution in [1.29, 1.82) is 0 Å². The van der Waals surface area contributed by atoms with Crippen LogP contribution in [0.15, 0.2) is 54.6 Å². The van der Waals surface area contributed by atoms with Crippen molar-refractivity contribution < 1.29 is 33.6 Å². The highest BCUT2D eigenvalue weighted by Crippen LogP contribution is 2.52. The second kappa shape index (κ2) is 30.7. The van der Waals surface area contributed by atoms with E-state index >= 15 is 0 Å². The number of alkyl carbamates (subject to hydrolysis) is 2. The molecule has 378 valence electrons. The molecule has 67 heavy (non-hydrogen) atoms. The fourth-order valence-corrected chi connectivity index (χ4v) is 8.56. The zero-order chi connectivity index (χ0) is 49.0. The van der Waals surface area contributed by atoms with E-state index in [0.717, 1.165) is 83.2 Å². The standard InChI is InChI=1S/C18H26ClNO3S.C15H20ClNO3.C13H18ClNOS.C3H7ClS.ClH/c1-18(2,3)23-17(21)20-11-12-9-14(12)15-10-13(19)5-6-16(15)22-7-8-24-4;1-15(2,3)20-14(19)17-8-9-6-11(9)12-7-10(16)4-5-13(12)18;1-17-5-4-16-13-3-2-10(14)7-12(13)11-6-9(11)8-15;1-5-3-2-4;/h5-6,10,12,14H,7-9,11H2,1-4H3,(H,20,21);4-5,7,9,11,18H,6,8H2,1-3H3,(H,17,19);2-3,7,9,11H,4-6,8,15H2,1H3;2-3H2,1H3;1H. The first-order chi connectivity index (χ1) is 31.2. The number of aromatic hydroxyl groups is 1. The van der Waals surface area contributed by atoms with Crippen molar-refractivity contribution in [2.24, 2.45) is 23.5 Å². The molecule has 0 radical (unpaired) electrons.